The minimum Gasteiger partial charge on any atom is -0.491 e. The molecule has 0 saturated carbocycles. The number of rotatable bonds is 9. The molecular weight excluding hydrogens is 448 g/mol. The van der Waals surface area contributed by atoms with Crippen LogP contribution in [0, 0.1) is 19.3 Å². The van der Waals surface area contributed by atoms with E-state index >= 15 is 0 Å². The lowest BCUT2D eigenvalue weighted by atomic mass is 9.82. The van der Waals surface area contributed by atoms with Gasteiger partial charge in [0.25, 0.3) is 0 Å². The molecule has 1 unspecified atom stereocenters. The summed E-state index contributed by atoms with van der Waals surface area (Å²) in [5.41, 5.74) is 4.94. The van der Waals surface area contributed by atoms with Crippen LogP contribution in [0.25, 0.3) is 0 Å². The van der Waals surface area contributed by atoms with Crippen LogP contribution in [0.3, 0.4) is 0 Å². The Bertz CT molecular complexity index is 1240. The van der Waals surface area contributed by atoms with Crippen LogP contribution in [-0.2, 0) is 0 Å². The van der Waals surface area contributed by atoms with E-state index in [1.807, 2.05) is 59.7 Å². The molecule has 0 saturated heterocycles. The van der Waals surface area contributed by atoms with E-state index in [1.54, 1.807) is 24.3 Å². The third-order valence-electron chi connectivity index (χ3n) is 6.84. The Morgan fingerprint density at radius 1 is 0.778 bits per heavy atom. The molecule has 0 aliphatic heterocycles. The first-order chi connectivity index (χ1) is 16.9. The van der Waals surface area contributed by atoms with E-state index in [2.05, 4.69) is 32.0 Å². The van der Waals surface area contributed by atoms with Crippen molar-refractivity contribution in [2.45, 2.75) is 73.8 Å². The van der Waals surface area contributed by atoms with Gasteiger partial charge in [-0.05, 0) is 80.6 Å². The van der Waals surface area contributed by atoms with Crippen LogP contribution in [0.15, 0.2) is 60.7 Å². The second-order valence-corrected chi connectivity index (χ2v) is 10.5. The van der Waals surface area contributed by atoms with Crippen molar-refractivity contribution in [3.63, 3.8) is 0 Å². The summed E-state index contributed by atoms with van der Waals surface area (Å²) in [5, 5.41) is 0. The van der Waals surface area contributed by atoms with Gasteiger partial charge in [-0.1, -0.05) is 64.1 Å². The Morgan fingerprint density at radius 3 is 1.75 bits per heavy atom. The van der Waals surface area contributed by atoms with Gasteiger partial charge in [-0.25, -0.2) is 4.79 Å². The number of hydrogen-bond acceptors (Lipinski definition) is 4. The summed E-state index contributed by atoms with van der Waals surface area (Å²) >= 11 is 0. The van der Waals surface area contributed by atoms with Gasteiger partial charge >= 0.3 is 5.97 Å². The zero-order valence-corrected chi connectivity index (χ0v) is 22.8. The molecule has 0 bridgehead atoms. The maximum absolute atomic E-state index is 12.8. The molecule has 3 rings (SSSR count). The van der Waals surface area contributed by atoms with Crippen LogP contribution < -0.4 is 9.47 Å². The predicted molar refractivity (Wildman–Crippen MR) is 145 cm³/mol. The van der Waals surface area contributed by atoms with Crippen LogP contribution in [0.5, 0.6) is 11.5 Å². The molecule has 3 aromatic carbocycles. The normalized spacial score (nSPS) is 12.4. The fourth-order valence-electron chi connectivity index (χ4n) is 4.04. The smallest absolute Gasteiger partial charge is 0.343 e. The van der Waals surface area contributed by atoms with Crippen molar-refractivity contribution < 1.29 is 19.1 Å². The molecule has 190 valence electrons. The van der Waals surface area contributed by atoms with Crippen LogP contribution in [0.2, 0.25) is 0 Å². The number of ether oxygens (including phenoxy) is 2. The molecule has 0 heterocycles. The van der Waals surface area contributed by atoms with Crippen LogP contribution >= 0.6 is 0 Å². The van der Waals surface area contributed by atoms with Gasteiger partial charge in [-0.3, -0.25) is 4.79 Å². The van der Waals surface area contributed by atoms with E-state index in [0.717, 1.165) is 28.9 Å². The average molecular weight is 487 g/mol. The molecule has 0 aliphatic rings. The van der Waals surface area contributed by atoms with E-state index in [-0.39, 0.29) is 17.8 Å². The largest absolute Gasteiger partial charge is 0.491 e. The van der Waals surface area contributed by atoms with Crippen molar-refractivity contribution in [2.24, 2.45) is 5.41 Å². The maximum Gasteiger partial charge on any atom is 0.343 e. The van der Waals surface area contributed by atoms with Gasteiger partial charge in [0.1, 0.15) is 11.5 Å². The molecule has 1 atom stereocenters. The van der Waals surface area contributed by atoms with Crippen LogP contribution in [0.4, 0.5) is 0 Å². The summed E-state index contributed by atoms with van der Waals surface area (Å²) in [7, 11) is 0. The highest BCUT2D eigenvalue weighted by atomic mass is 16.5. The summed E-state index contributed by atoms with van der Waals surface area (Å²) < 4.78 is 11.6. The third-order valence-corrected chi connectivity index (χ3v) is 6.84. The molecule has 0 aromatic heterocycles. The molecule has 0 spiro atoms. The SMILES string of the molecule is CCC(C)(C)C(=O)c1ccc(C(=O)Oc2ccc(C(C)c3ccc(OC(C)C)c(C)c3)cc2C)cc1. The first-order valence-electron chi connectivity index (χ1n) is 12.7. The minimum atomic E-state index is -0.441. The van der Waals surface area contributed by atoms with E-state index < -0.39 is 11.4 Å². The number of Topliss-reactive ketones (excluding diaryl/α,β-unsaturated/α-hetero) is 1. The van der Waals surface area contributed by atoms with Gasteiger partial charge in [0.05, 0.1) is 11.7 Å². The molecule has 36 heavy (non-hydrogen) atoms. The number of esters is 1. The van der Waals surface area contributed by atoms with Gasteiger partial charge in [-0.2, -0.15) is 0 Å². The third kappa shape index (κ3) is 6.23. The van der Waals surface area contributed by atoms with Gasteiger partial charge in [0.2, 0.25) is 0 Å². The number of carbonyl (C=O) groups excluding carboxylic acids is 2. The monoisotopic (exact) mass is 486 g/mol. The highest BCUT2D eigenvalue weighted by Gasteiger charge is 2.26. The van der Waals surface area contributed by atoms with E-state index in [1.165, 1.54) is 5.56 Å². The maximum atomic E-state index is 12.8. The van der Waals surface area contributed by atoms with Crippen molar-refractivity contribution in [1.82, 2.24) is 0 Å². The number of carbonyl (C=O) groups is 2. The van der Waals surface area contributed by atoms with Crippen molar-refractivity contribution in [3.8, 4) is 11.5 Å². The Morgan fingerprint density at radius 2 is 1.28 bits per heavy atom. The summed E-state index contributed by atoms with van der Waals surface area (Å²) in [5.74, 6) is 1.25. The molecule has 4 nitrogen and oxygen atoms in total. The molecule has 4 heteroatoms. The second kappa shape index (κ2) is 11.1. The topological polar surface area (TPSA) is 52.6 Å². The molecule has 0 amide bonds. The lowest BCUT2D eigenvalue weighted by Gasteiger charge is -2.20. The van der Waals surface area contributed by atoms with Crippen molar-refractivity contribution in [3.05, 3.63) is 94.0 Å². The molecule has 0 N–H and O–H groups in total. The Kier molecular flexibility index (Phi) is 8.39. The zero-order valence-electron chi connectivity index (χ0n) is 22.8. The number of aryl methyl sites for hydroxylation is 2. The van der Waals surface area contributed by atoms with Gasteiger partial charge in [-0.15, -0.1) is 0 Å². The van der Waals surface area contributed by atoms with Gasteiger partial charge in [0, 0.05) is 16.9 Å². The summed E-state index contributed by atoms with van der Waals surface area (Å²) in [6.45, 7) is 16.1. The molecule has 0 radical (unpaired) electrons. The Labute approximate surface area is 215 Å². The van der Waals surface area contributed by atoms with E-state index in [4.69, 9.17) is 9.47 Å². The molecular formula is C32H38O4. The summed E-state index contributed by atoms with van der Waals surface area (Å²) in [6, 6.07) is 18.9. The van der Waals surface area contributed by atoms with Crippen LogP contribution in [0.1, 0.15) is 96.9 Å². The quantitative estimate of drug-likeness (QED) is 0.174. The van der Waals surface area contributed by atoms with Crippen molar-refractivity contribution >= 4 is 11.8 Å². The molecule has 3 aromatic rings. The molecule has 0 aliphatic carbocycles. The van der Waals surface area contributed by atoms with E-state index in [9.17, 15) is 9.59 Å². The van der Waals surface area contributed by atoms with E-state index in [0.29, 0.717) is 16.9 Å². The number of ketones is 1. The van der Waals surface area contributed by atoms with Gasteiger partial charge in [0.15, 0.2) is 5.78 Å². The van der Waals surface area contributed by atoms with Crippen molar-refractivity contribution in [2.75, 3.05) is 0 Å². The van der Waals surface area contributed by atoms with Gasteiger partial charge < -0.3 is 9.47 Å². The first kappa shape index (κ1) is 27.2. The van der Waals surface area contributed by atoms with Crippen LogP contribution in [-0.4, -0.2) is 17.9 Å². The fourth-order valence-corrected chi connectivity index (χ4v) is 4.04. The lowest BCUT2D eigenvalue weighted by Crippen LogP contribution is -2.23. The molecule has 0 fully saturated rings. The minimum absolute atomic E-state index is 0.0720. The number of benzene rings is 3. The lowest BCUT2D eigenvalue weighted by molar-refractivity contribution is 0.0732. The Hall–Kier alpha value is -3.40. The summed E-state index contributed by atoms with van der Waals surface area (Å²) in [4.78, 5) is 25.4. The standard InChI is InChI=1S/C32H38O4/c1-9-32(7,8)30(33)24-10-12-25(13-11-24)31(34)36-29-17-15-27(19-22(29)5)23(6)26-14-16-28(21(4)18-26)35-20(2)3/h10-20,23H,9H2,1-8H3. The second-order valence-electron chi connectivity index (χ2n) is 10.5. The van der Waals surface area contributed by atoms with Crippen molar-refractivity contribution in [1.29, 1.82) is 0 Å². The fraction of sp³-hybridized carbons (Fsp3) is 0.375. The average Bonchev–Trinajstić information content (AvgIpc) is 2.85. The zero-order chi connectivity index (χ0) is 26.6. The highest BCUT2D eigenvalue weighted by Crippen LogP contribution is 2.32. The number of hydrogen-bond donors (Lipinski definition) is 0. The highest BCUT2D eigenvalue weighted by molar-refractivity contribution is 6.01. The predicted octanol–water partition coefficient (Wildman–Crippen LogP) is 8.08. The first-order valence-corrected chi connectivity index (χ1v) is 12.7. The Balaban J connectivity index is 1.72. The summed E-state index contributed by atoms with van der Waals surface area (Å²) in [6.07, 6.45) is 0.888.